The Balaban J connectivity index is 0.976. The number of hydrogen-bond donors (Lipinski definition) is 9. The number of nitrogen functional groups attached to an aromatic ring is 1. The smallest absolute Gasteiger partial charge is 0.490 e. The van der Waals surface area contributed by atoms with Crippen molar-refractivity contribution in [2.45, 2.75) is 57.8 Å². The fourth-order valence-electron chi connectivity index (χ4n) is 8.58. The molecule has 3 aliphatic rings. The number of carbonyl (C=O) groups is 2. The number of fused-ring (bicyclic) bond motifs is 3. The summed E-state index contributed by atoms with van der Waals surface area (Å²) in [6.07, 6.45) is -1.89. The van der Waals surface area contributed by atoms with E-state index in [9.17, 15) is 63.3 Å². The summed E-state index contributed by atoms with van der Waals surface area (Å²) < 4.78 is 66.8. The Morgan fingerprint density at radius 3 is 2.47 bits per heavy atom. The number of aliphatic hydroxyl groups excluding tert-OH is 1. The number of phenolic OH excluding ortho intramolecular Hbond substituents is 1. The number of nitrogens with two attached hydrogens (primary N) is 1. The van der Waals surface area contributed by atoms with E-state index in [0.29, 0.717) is 33.9 Å². The number of phenols is 1. The van der Waals surface area contributed by atoms with Crippen LogP contribution in [-0.2, 0) is 42.9 Å². The van der Waals surface area contributed by atoms with Crippen LogP contribution in [0.5, 0.6) is 5.75 Å². The van der Waals surface area contributed by atoms with Gasteiger partial charge in [0.1, 0.15) is 47.2 Å². The number of aromatic carboxylic acids is 1. The molecular weight excluding hydrogens is 1080 g/mol. The van der Waals surface area contributed by atoms with Gasteiger partial charge in [0.05, 0.1) is 53.4 Å². The third kappa shape index (κ3) is 13.1. The number of ether oxygens (including phenoxy) is 2. The van der Waals surface area contributed by atoms with Crippen LogP contribution >= 0.6 is 23.5 Å². The molecule has 30 heteroatoms. The number of nitro benzene ring substituents is 1. The molecule has 2 aliphatic heterocycles. The Morgan fingerprint density at radius 2 is 1.75 bits per heavy atom. The Kier molecular flexibility index (Phi) is 16.3. The first kappa shape index (κ1) is 56.0. The highest BCUT2D eigenvalue weighted by molar-refractivity contribution is 7.66. The average molecular weight is 1120 g/mol. The van der Waals surface area contributed by atoms with Crippen molar-refractivity contribution in [1.82, 2.24) is 19.9 Å². The van der Waals surface area contributed by atoms with Crippen molar-refractivity contribution in [3.8, 4) is 40.0 Å². The van der Waals surface area contributed by atoms with Crippen LogP contribution < -0.4 is 16.5 Å². The molecule has 5 aromatic rings. The minimum atomic E-state index is -5.81. The van der Waals surface area contributed by atoms with Crippen molar-refractivity contribution in [2.75, 3.05) is 18.9 Å². The van der Waals surface area contributed by atoms with Crippen molar-refractivity contribution >= 4 is 68.9 Å². The molecule has 2 aromatic heterocycles. The van der Waals surface area contributed by atoms with Gasteiger partial charge in [0, 0.05) is 64.0 Å². The summed E-state index contributed by atoms with van der Waals surface area (Å²) in [4.78, 5) is 95.7. The van der Waals surface area contributed by atoms with Gasteiger partial charge in [-0.15, -0.1) is 0 Å². The van der Waals surface area contributed by atoms with E-state index < -0.39 is 71.4 Å². The van der Waals surface area contributed by atoms with Crippen LogP contribution in [-0.4, -0.2) is 91.6 Å². The van der Waals surface area contributed by atoms with E-state index in [2.05, 4.69) is 40.3 Å². The number of aromatic hydroxyl groups is 1. The lowest BCUT2D eigenvalue weighted by atomic mass is 9.89. The summed E-state index contributed by atoms with van der Waals surface area (Å²) in [5.74, 6) is 3.60. The molecule has 77 heavy (non-hydrogen) atoms. The van der Waals surface area contributed by atoms with Gasteiger partial charge in [-0.05, 0) is 72.5 Å². The molecule has 1 fully saturated rings. The van der Waals surface area contributed by atoms with E-state index in [1.54, 1.807) is 6.07 Å². The van der Waals surface area contributed by atoms with Gasteiger partial charge in [-0.2, -0.15) is 8.62 Å². The molecule has 0 bridgehead atoms. The van der Waals surface area contributed by atoms with Crippen LogP contribution in [0.2, 0.25) is 0 Å². The van der Waals surface area contributed by atoms with Gasteiger partial charge in [0.15, 0.2) is 5.43 Å². The first-order chi connectivity index (χ1) is 36.3. The van der Waals surface area contributed by atoms with Crippen LogP contribution in [0.15, 0.2) is 94.5 Å². The summed E-state index contributed by atoms with van der Waals surface area (Å²) in [6, 6.07) is 16.5. The molecule has 1 amide bonds. The number of amides is 1. The van der Waals surface area contributed by atoms with Crippen molar-refractivity contribution < 1.29 is 90.1 Å². The molecule has 2 unspecified atom stereocenters. The van der Waals surface area contributed by atoms with E-state index in [1.807, 2.05) is 13.8 Å². The quantitative estimate of drug-likeness (QED) is 0.0141. The SMILES string of the molecule is CC(C)C[C@H](OCc1cn([C@H]2C[C@@H](O)[C@@H](COP(=O)(O)OP(=O)(O)OP(=O)(O)O)O2)c2ncnc(N)c12)c1ccc(C#CCNC(=O)c2ccc(C(=O)O)c(-c3c4ccc(=O)cc-4oc4cc(O)ccc34)c2)cc1[N+](=O)[O-]. The maximum absolute atomic E-state index is 13.5. The third-order valence-corrected chi connectivity index (χ3v) is 15.6. The lowest BCUT2D eigenvalue weighted by molar-refractivity contribution is -0.386. The predicted octanol–water partition coefficient (Wildman–Crippen LogP) is 6.28. The molecule has 1 saturated heterocycles. The van der Waals surface area contributed by atoms with E-state index in [4.69, 9.17) is 29.4 Å². The molecule has 3 aromatic carbocycles. The zero-order valence-electron chi connectivity index (χ0n) is 40.1. The predicted molar refractivity (Wildman–Crippen MR) is 269 cm³/mol. The summed E-state index contributed by atoms with van der Waals surface area (Å²) >= 11 is 0. The largest absolute Gasteiger partial charge is 0.508 e. The molecular formula is C47H45N6O21P3. The number of anilines is 1. The van der Waals surface area contributed by atoms with Gasteiger partial charge in [0.25, 0.3) is 11.6 Å². The number of carbonyl (C=O) groups excluding carboxylic acids is 1. The second-order valence-electron chi connectivity index (χ2n) is 17.7. The maximum Gasteiger partial charge on any atom is 0.490 e. The first-order valence-electron chi connectivity index (χ1n) is 22.7. The summed E-state index contributed by atoms with van der Waals surface area (Å²) in [5, 5.41) is 47.2. The molecule has 6 atom stereocenters. The molecule has 0 spiro atoms. The first-order valence-corrected chi connectivity index (χ1v) is 27.2. The topological polar surface area (TPSA) is 415 Å². The van der Waals surface area contributed by atoms with Crippen LogP contribution in [0, 0.1) is 27.9 Å². The number of hydrogen-bond acceptors (Lipinski definition) is 19. The molecule has 27 nitrogen and oxygen atoms in total. The standard InChI is InChI=1S/C47H45N6O21P3/c1-24(2)14-37(69-21-27-20-52(45-42(27)44(48)50-23-51-45)41-19-36(56)40(72-41)22-70-76(65,66)74-77(67,68)73-75(62,63)64)31-9-5-25(15-35(31)53(60)61)4-3-13-49-46(57)26-6-10-30(47(58)59)34(16-26)43-32-11-7-28(54)17-38(32)71-39-18-29(55)8-12-33(39)43/h5-12,15-18,20,23-24,36-37,40-41,54,56H,13-14,19,21-22H2,1-2H3,(H,49,57)(H,58,59)(H,65,66)(H,67,68)(H2,48,50,51)(H2,62,63,64)/t36-,37+,40-,41-/m1/s1. The summed E-state index contributed by atoms with van der Waals surface area (Å²) in [5.41, 5.74) is 7.49. The second-order valence-corrected chi connectivity index (χ2v) is 22.1. The van der Waals surface area contributed by atoms with Crippen molar-refractivity contribution in [2.24, 2.45) is 5.92 Å². The Hall–Kier alpha value is -7.24. The number of phosphoric acid groups is 3. The Morgan fingerprint density at radius 1 is 0.987 bits per heavy atom. The van der Waals surface area contributed by atoms with Crippen LogP contribution in [0.25, 0.3) is 44.5 Å². The normalized spacial score (nSPS) is 17.7. The van der Waals surface area contributed by atoms with Crippen molar-refractivity contribution in [3.05, 3.63) is 133 Å². The van der Waals surface area contributed by atoms with Gasteiger partial charge in [-0.3, -0.25) is 24.2 Å². The number of nitrogens with zero attached hydrogens (tertiary/aromatic N) is 4. The van der Waals surface area contributed by atoms with Gasteiger partial charge in [-0.25, -0.2) is 28.5 Å². The Labute approximate surface area is 433 Å². The van der Waals surface area contributed by atoms with E-state index >= 15 is 0 Å². The number of benzene rings is 4. The summed E-state index contributed by atoms with van der Waals surface area (Å²) in [7, 11) is -17.0. The zero-order chi connectivity index (χ0) is 55.7. The van der Waals surface area contributed by atoms with Crippen molar-refractivity contribution in [3.63, 3.8) is 0 Å². The van der Waals surface area contributed by atoms with Crippen molar-refractivity contribution in [1.29, 1.82) is 0 Å². The molecule has 4 heterocycles. The van der Waals surface area contributed by atoms with Crippen LogP contribution in [0.4, 0.5) is 11.5 Å². The molecule has 8 rings (SSSR count). The number of phosphoric ester groups is 1. The number of nitro groups is 1. The Bertz CT molecular complexity index is 3720. The number of nitrogens with one attached hydrogen (secondary N) is 1. The van der Waals surface area contributed by atoms with Gasteiger partial charge < -0.3 is 64.4 Å². The molecule has 0 saturated carbocycles. The highest BCUT2D eigenvalue weighted by atomic mass is 31.3. The fraction of sp³-hybridized carbons (Fsp3) is 0.255. The lowest BCUT2D eigenvalue weighted by Gasteiger charge is -2.20. The molecule has 1 aliphatic carbocycles. The fourth-order valence-corrected chi connectivity index (χ4v) is 11.6. The third-order valence-electron chi connectivity index (χ3n) is 11.8. The van der Waals surface area contributed by atoms with Gasteiger partial charge in [-0.1, -0.05) is 25.7 Å². The number of carboxylic acid groups (broad SMARTS) is 1. The number of aromatic nitrogens is 3. The minimum absolute atomic E-state index is 0.0102. The maximum atomic E-state index is 13.5. The van der Waals surface area contributed by atoms with Crippen LogP contribution in [0.1, 0.15) is 76.4 Å². The minimum Gasteiger partial charge on any atom is -0.508 e. The molecule has 404 valence electrons. The van der Waals surface area contributed by atoms with Crippen LogP contribution in [0.3, 0.4) is 0 Å². The zero-order valence-corrected chi connectivity index (χ0v) is 42.7. The lowest BCUT2D eigenvalue weighted by Crippen LogP contribution is -2.26. The highest BCUT2D eigenvalue weighted by Gasteiger charge is 2.43. The number of carboxylic acids is 1. The monoisotopic (exact) mass is 1120 g/mol. The number of aliphatic hydroxyl groups is 1. The van der Waals surface area contributed by atoms with E-state index in [1.165, 1.54) is 77.5 Å². The molecule has 10 N–H and O–H groups in total. The highest BCUT2D eigenvalue weighted by Crippen LogP contribution is 2.66. The second kappa shape index (κ2) is 22.4. The number of rotatable bonds is 19. The van der Waals surface area contributed by atoms with E-state index in [0.717, 1.165) is 6.33 Å². The summed E-state index contributed by atoms with van der Waals surface area (Å²) in [6.45, 7) is 2.39. The van der Waals surface area contributed by atoms with Gasteiger partial charge >= 0.3 is 29.4 Å². The van der Waals surface area contributed by atoms with Gasteiger partial charge in [0.2, 0.25) is 0 Å². The van der Waals surface area contributed by atoms with E-state index in [-0.39, 0.29) is 93.0 Å². The average Bonchev–Trinajstić information content (AvgIpc) is 3.92. The molecule has 0 radical (unpaired) electrons.